The molecule has 0 fully saturated rings. The Labute approximate surface area is 191 Å². The summed E-state index contributed by atoms with van der Waals surface area (Å²) in [4.78, 5) is 29.9. The van der Waals surface area contributed by atoms with Crippen molar-refractivity contribution >= 4 is 27.6 Å². The van der Waals surface area contributed by atoms with Crippen LogP contribution in [0, 0.1) is 0 Å². The van der Waals surface area contributed by atoms with Gasteiger partial charge < -0.3 is 18.8 Å². The van der Waals surface area contributed by atoms with Crippen LogP contribution in [0.1, 0.15) is 29.4 Å². The molecule has 4 aromatic rings. The molecule has 170 valence electrons. The highest BCUT2D eigenvalue weighted by atomic mass is 16.5. The van der Waals surface area contributed by atoms with E-state index in [0.717, 1.165) is 29.4 Å². The van der Waals surface area contributed by atoms with Crippen LogP contribution in [-0.2, 0) is 17.7 Å². The predicted molar refractivity (Wildman–Crippen MR) is 127 cm³/mol. The number of pyridine rings is 2. The summed E-state index contributed by atoms with van der Waals surface area (Å²) in [5.41, 5.74) is 2.07. The first kappa shape index (κ1) is 22.3. The van der Waals surface area contributed by atoms with Gasteiger partial charge in [-0.2, -0.15) is 0 Å². The lowest BCUT2D eigenvalue weighted by molar-refractivity contribution is 0.0602. The number of methoxy groups -OCH3 is 2. The van der Waals surface area contributed by atoms with Gasteiger partial charge in [-0.25, -0.2) is 4.79 Å². The highest BCUT2D eigenvalue weighted by Gasteiger charge is 2.18. The second kappa shape index (κ2) is 9.73. The molecule has 0 aliphatic heterocycles. The maximum Gasteiger partial charge on any atom is 0.339 e. The molecule has 7 heteroatoms. The molecule has 0 saturated heterocycles. The van der Waals surface area contributed by atoms with Gasteiger partial charge >= 0.3 is 5.97 Å². The fourth-order valence-corrected chi connectivity index (χ4v) is 3.86. The van der Waals surface area contributed by atoms with Crippen LogP contribution in [0.15, 0.2) is 59.5 Å². The molecule has 2 heterocycles. The van der Waals surface area contributed by atoms with Gasteiger partial charge in [-0.3, -0.25) is 9.78 Å². The van der Waals surface area contributed by atoms with Crippen LogP contribution in [0.2, 0.25) is 0 Å². The predicted octanol–water partition coefficient (Wildman–Crippen LogP) is 4.38. The minimum absolute atomic E-state index is 0.201. The molecule has 0 bridgehead atoms. The quantitative estimate of drug-likeness (QED) is 0.295. The SMILES string of the molecule is CCn1cc(C(=O)OC)c2cc(OCCCc3ccc4ccccc4n3)c(OC)cc2c1=O. The van der Waals surface area contributed by atoms with E-state index >= 15 is 0 Å². The number of carbonyl (C=O) groups excluding carboxylic acids is 1. The van der Waals surface area contributed by atoms with E-state index < -0.39 is 5.97 Å². The van der Waals surface area contributed by atoms with Crippen LogP contribution >= 0.6 is 0 Å². The number of hydrogen-bond donors (Lipinski definition) is 0. The highest BCUT2D eigenvalue weighted by Crippen LogP contribution is 2.33. The Balaban J connectivity index is 1.57. The number of fused-ring (bicyclic) bond motifs is 2. The number of para-hydroxylation sites is 1. The topological polar surface area (TPSA) is 79.7 Å². The smallest absolute Gasteiger partial charge is 0.339 e. The van der Waals surface area contributed by atoms with Crippen molar-refractivity contribution in [2.45, 2.75) is 26.3 Å². The van der Waals surface area contributed by atoms with Gasteiger partial charge in [-0.15, -0.1) is 0 Å². The molecule has 0 saturated carbocycles. The van der Waals surface area contributed by atoms with Crippen LogP contribution in [-0.4, -0.2) is 36.3 Å². The Bertz CT molecular complexity index is 1380. The van der Waals surface area contributed by atoms with E-state index in [2.05, 4.69) is 6.07 Å². The first-order valence-corrected chi connectivity index (χ1v) is 10.9. The minimum Gasteiger partial charge on any atom is -0.493 e. The molecular weight excluding hydrogens is 420 g/mol. The number of aromatic nitrogens is 2. The van der Waals surface area contributed by atoms with Crippen molar-refractivity contribution in [2.75, 3.05) is 20.8 Å². The van der Waals surface area contributed by atoms with E-state index in [9.17, 15) is 9.59 Å². The van der Waals surface area contributed by atoms with Crippen LogP contribution in [0.25, 0.3) is 21.7 Å². The molecule has 4 rings (SSSR count). The molecule has 0 aliphatic rings. The number of rotatable bonds is 8. The normalized spacial score (nSPS) is 11.0. The van der Waals surface area contributed by atoms with E-state index in [1.807, 2.05) is 37.3 Å². The zero-order chi connectivity index (χ0) is 23.4. The van der Waals surface area contributed by atoms with Crippen molar-refractivity contribution < 1.29 is 19.0 Å². The van der Waals surface area contributed by atoms with Gasteiger partial charge in [0.15, 0.2) is 11.5 Å². The molecule has 0 amide bonds. The lowest BCUT2D eigenvalue weighted by Gasteiger charge is -2.15. The Morgan fingerprint density at radius 2 is 1.82 bits per heavy atom. The number of ether oxygens (including phenoxy) is 3. The Morgan fingerprint density at radius 3 is 2.58 bits per heavy atom. The summed E-state index contributed by atoms with van der Waals surface area (Å²) >= 11 is 0. The lowest BCUT2D eigenvalue weighted by Crippen LogP contribution is -2.21. The van der Waals surface area contributed by atoms with Crippen molar-refractivity contribution in [1.29, 1.82) is 0 Å². The van der Waals surface area contributed by atoms with Crippen molar-refractivity contribution in [3.05, 3.63) is 76.3 Å². The molecule has 0 spiro atoms. The van der Waals surface area contributed by atoms with Gasteiger partial charge in [0, 0.05) is 29.2 Å². The molecule has 2 aromatic heterocycles. The molecule has 0 unspecified atom stereocenters. The van der Waals surface area contributed by atoms with Crippen LogP contribution < -0.4 is 15.0 Å². The van der Waals surface area contributed by atoms with E-state index in [0.29, 0.717) is 41.0 Å². The van der Waals surface area contributed by atoms with Crippen molar-refractivity contribution in [1.82, 2.24) is 9.55 Å². The zero-order valence-electron chi connectivity index (χ0n) is 19.0. The number of carbonyl (C=O) groups is 1. The van der Waals surface area contributed by atoms with Gasteiger partial charge in [-0.1, -0.05) is 24.3 Å². The number of esters is 1. The van der Waals surface area contributed by atoms with Crippen molar-refractivity contribution in [3.8, 4) is 11.5 Å². The second-order valence-electron chi connectivity index (χ2n) is 7.62. The maximum absolute atomic E-state index is 12.8. The number of aryl methyl sites for hydroxylation is 2. The van der Waals surface area contributed by atoms with Crippen LogP contribution in [0.5, 0.6) is 11.5 Å². The third-order valence-corrected chi connectivity index (χ3v) is 5.61. The molecule has 0 aliphatic carbocycles. The molecule has 7 nitrogen and oxygen atoms in total. The Kier molecular flexibility index (Phi) is 6.58. The average Bonchev–Trinajstić information content (AvgIpc) is 2.86. The van der Waals surface area contributed by atoms with E-state index in [1.54, 1.807) is 12.1 Å². The van der Waals surface area contributed by atoms with Crippen molar-refractivity contribution in [3.63, 3.8) is 0 Å². The van der Waals surface area contributed by atoms with Crippen LogP contribution in [0.4, 0.5) is 0 Å². The van der Waals surface area contributed by atoms with Gasteiger partial charge in [0.25, 0.3) is 5.56 Å². The molecule has 2 aromatic carbocycles. The minimum atomic E-state index is -0.513. The number of nitrogens with zero attached hydrogens (tertiary/aromatic N) is 2. The standard InChI is InChI=1S/C26H26N2O5/c1-4-28-16-21(26(30)32-3)19-14-24(23(31-2)15-20(19)25(28)29)33-13-7-9-18-12-11-17-8-5-6-10-22(17)27-18/h5-6,8,10-12,14-16H,4,7,9,13H2,1-3H3. The Hall–Kier alpha value is -3.87. The summed E-state index contributed by atoms with van der Waals surface area (Å²) in [6, 6.07) is 15.4. The molecule has 0 radical (unpaired) electrons. The van der Waals surface area contributed by atoms with Gasteiger partial charge in [0.05, 0.1) is 37.3 Å². The highest BCUT2D eigenvalue weighted by molar-refractivity contribution is 6.04. The second-order valence-corrected chi connectivity index (χ2v) is 7.62. The number of benzene rings is 2. The molecule has 0 N–H and O–H groups in total. The first-order chi connectivity index (χ1) is 16.0. The maximum atomic E-state index is 12.8. The summed E-state index contributed by atoms with van der Waals surface area (Å²) in [7, 11) is 2.84. The van der Waals surface area contributed by atoms with E-state index in [-0.39, 0.29) is 5.56 Å². The van der Waals surface area contributed by atoms with Gasteiger partial charge in [0.2, 0.25) is 0 Å². The van der Waals surface area contributed by atoms with Crippen molar-refractivity contribution in [2.24, 2.45) is 0 Å². The molecular formula is C26H26N2O5. The number of hydrogen-bond acceptors (Lipinski definition) is 6. The molecule has 33 heavy (non-hydrogen) atoms. The third kappa shape index (κ3) is 4.53. The fourth-order valence-electron chi connectivity index (χ4n) is 3.86. The summed E-state index contributed by atoms with van der Waals surface area (Å²) in [5.74, 6) is 0.393. The zero-order valence-corrected chi connectivity index (χ0v) is 19.0. The summed E-state index contributed by atoms with van der Waals surface area (Å²) in [5, 5.41) is 1.97. The van der Waals surface area contributed by atoms with E-state index in [1.165, 1.54) is 25.0 Å². The lowest BCUT2D eigenvalue weighted by atomic mass is 10.1. The molecule has 0 atom stereocenters. The van der Waals surface area contributed by atoms with Gasteiger partial charge in [0.1, 0.15) is 0 Å². The van der Waals surface area contributed by atoms with Gasteiger partial charge in [-0.05, 0) is 44.0 Å². The summed E-state index contributed by atoms with van der Waals surface area (Å²) in [6.07, 6.45) is 3.03. The van der Waals surface area contributed by atoms with Crippen LogP contribution in [0.3, 0.4) is 0 Å². The monoisotopic (exact) mass is 446 g/mol. The summed E-state index contributed by atoms with van der Waals surface area (Å²) < 4.78 is 17.9. The largest absolute Gasteiger partial charge is 0.493 e. The Morgan fingerprint density at radius 1 is 1.03 bits per heavy atom. The average molecular weight is 447 g/mol. The third-order valence-electron chi connectivity index (χ3n) is 5.61. The first-order valence-electron chi connectivity index (χ1n) is 10.9. The summed E-state index contributed by atoms with van der Waals surface area (Å²) in [6.45, 7) is 2.70. The van der Waals surface area contributed by atoms with E-state index in [4.69, 9.17) is 19.2 Å². The fraction of sp³-hybridized carbons (Fsp3) is 0.269.